The normalized spacial score (nSPS) is 12.6. The lowest BCUT2D eigenvalue weighted by molar-refractivity contribution is -0.159. The van der Waals surface area contributed by atoms with Crippen molar-refractivity contribution in [2.45, 2.75) is 11.1 Å². The number of H-pyrrole nitrogens is 1. The number of hydrogen-bond acceptors (Lipinski definition) is 6. The molecule has 3 aromatic heterocycles. The first kappa shape index (κ1) is 19.6. The molecule has 0 amide bonds. The predicted molar refractivity (Wildman–Crippen MR) is 99.3 cm³/mol. The molecule has 30 heavy (non-hydrogen) atoms. The van der Waals surface area contributed by atoms with Crippen molar-refractivity contribution in [2.24, 2.45) is 0 Å². The maximum absolute atomic E-state index is 12.8. The van der Waals surface area contributed by atoms with Gasteiger partial charge in [-0.1, -0.05) is 17.3 Å². The second-order valence-corrected chi connectivity index (χ2v) is 7.92. The molecule has 0 atom stereocenters. The molecule has 8 nitrogen and oxygen atoms in total. The highest BCUT2D eigenvalue weighted by Crippen LogP contribution is 2.27. The summed E-state index contributed by atoms with van der Waals surface area (Å²) in [5.41, 5.74) is 2.05. The first-order valence-corrected chi connectivity index (χ1v) is 9.79. The van der Waals surface area contributed by atoms with Crippen LogP contribution in [0, 0.1) is 0 Å². The third kappa shape index (κ3) is 3.89. The van der Waals surface area contributed by atoms with Crippen LogP contribution in [0.5, 0.6) is 0 Å². The summed E-state index contributed by atoms with van der Waals surface area (Å²) in [5.74, 6) is -1.74. The molecule has 154 valence electrons. The van der Waals surface area contributed by atoms with Gasteiger partial charge < -0.3 is 4.52 Å². The van der Waals surface area contributed by atoms with Crippen LogP contribution in [0.3, 0.4) is 0 Å². The lowest BCUT2D eigenvalue weighted by Gasteiger charge is -2.06. The molecule has 0 fully saturated rings. The van der Waals surface area contributed by atoms with Gasteiger partial charge >= 0.3 is 12.1 Å². The predicted octanol–water partition coefficient (Wildman–Crippen LogP) is 3.69. The Hall–Kier alpha value is -3.67. The molecule has 0 spiro atoms. The van der Waals surface area contributed by atoms with Crippen LogP contribution >= 0.6 is 0 Å². The van der Waals surface area contributed by atoms with E-state index in [4.69, 9.17) is 0 Å². The molecule has 0 saturated carbocycles. The summed E-state index contributed by atoms with van der Waals surface area (Å²) < 4.78 is 68.1. The molecule has 1 aromatic carbocycles. The third-order valence-electron chi connectivity index (χ3n) is 4.06. The van der Waals surface area contributed by atoms with Gasteiger partial charge in [0.2, 0.25) is 0 Å². The number of alkyl halides is 3. The topological polar surface area (TPSA) is 107 Å². The third-order valence-corrected chi connectivity index (χ3v) is 5.71. The van der Waals surface area contributed by atoms with Crippen LogP contribution < -0.4 is 0 Å². The van der Waals surface area contributed by atoms with Crippen molar-refractivity contribution >= 4 is 22.2 Å². The van der Waals surface area contributed by atoms with E-state index in [1.165, 1.54) is 42.7 Å². The highest BCUT2D eigenvalue weighted by Gasteiger charge is 2.38. The summed E-state index contributed by atoms with van der Waals surface area (Å²) in [6.07, 6.45) is 3.79. The van der Waals surface area contributed by atoms with Gasteiger partial charge in [-0.2, -0.15) is 23.3 Å². The fourth-order valence-corrected chi connectivity index (χ4v) is 3.78. The first-order valence-electron chi connectivity index (χ1n) is 8.35. The molecule has 4 rings (SSSR count). The minimum absolute atomic E-state index is 0.0776. The molecule has 3 heterocycles. The Bertz CT molecular complexity index is 1290. The zero-order valence-corrected chi connectivity index (χ0v) is 15.7. The summed E-state index contributed by atoms with van der Waals surface area (Å²) in [6, 6.07) is 7.77. The summed E-state index contributed by atoms with van der Waals surface area (Å²) in [7, 11) is -3.84. The van der Waals surface area contributed by atoms with Crippen molar-refractivity contribution in [2.75, 3.05) is 0 Å². The van der Waals surface area contributed by atoms with E-state index in [1.807, 2.05) is 0 Å². The van der Waals surface area contributed by atoms with Crippen LogP contribution in [0.4, 0.5) is 13.2 Å². The van der Waals surface area contributed by atoms with Gasteiger partial charge in [-0.3, -0.25) is 5.10 Å². The fourth-order valence-electron chi connectivity index (χ4n) is 2.58. The Morgan fingerprint density at radius 2 is 1.83 bits per heavy atom. The maximum atomic E-state index is 12.8. The number of aromatic nitrogens is 5. The van der Waals surface area contributed by atoms with Crippen LogP contribution in [0.15, 0.2) is 64.5 Å². The Morgan fingerprint density at radius 1 is 1.07 bits per heavy atom. The Morgan fingerprint density at radius 3 is 2.47 bits per heavy atom. The van der Waals surface area contributed by atoms with E-state index in [1.54, 1.807) is 24.5 Å². The molecule has 0 aliphatic carbocycles. The number of nitrogens with zero attached hydrogens (tertiary/aromatic N) is 4. The lowest BCUT2D eigenvalue weighted by Crippen LogP contribution is -2.10. The molecular formula is C18H12F3N5O3S. The number of benzene rings is 1. The van der Waals surface area contributed by atoms with Gasteiger partial charge in [0.25, 0.3) is 10.0 Å². The van der Waals surface area contributed by atoms with Gasteiger partial charge in [0, 0.05) is 24.2 Å². The Kier molecular flexibility index (Phi) is 4.78. The molecule has 0 unspecified atom stereocenters. The standard InChI is InChI=1S/C18H12F3N5O3S/c19-18(20,21)17-24-16(25-29-17)6-1-12-7-8-26(11-12)30(27,28)15-4-2-13(3-5-15)14-9-22-23-10-14/h1-11H,(H,22,23). The average Bonchev–Trinajstić information content (AvgIpc) is 3.47. The average molecular weight is 435 g/mol. The molecule has 0 radical (unpaired) electrons. The van der Waals surface area contributed by atoms with Crippen molar-refractivity contribution < 1.29 is 26.1 Å². The number of halogens is 3. The second-order valence-electron chi connectivity index (χ2n) is 6.08. The quantitative estimate of drug-likeness (QED) is 0.513. The number of rotatable bonds is 5. The maximum Gasteiger partial charge on any atom is 0.471 e. The highest BCUT2D eigenvalue weighted by molar-refractivity contribution is 7.90. The molecule has 12 heteroatoms. The number of hydrogen-bond donors (Lipinski definition) is 1. The molecule has 0 aliphatic rings. The van der Waals surface area contributed by atoms with E-state index in [2.05, 4.69) is 24.9 Å². The molecule has 0 saturated heterocycles. The minimum Gasteiger partial charge on any atom is -0.329 e. The van der Waals surface area contributed by atoms with Gasteiger partial charge in [-0.25, -0.2) is 12.4 Å². The van der Waals surface area contributed by atoms with E-state index in [0.29, 0.717) is 5.56 Å². The van der Waals surface area contributed by atoms with Gasteiger partial charge in [0.15, 0.2) is 5.82 Å². The van der Waals surface area contributed by atoms with Crippen LogP contribution in [0.1, 0.15) is 17.3 Å². The van der Waals surface area contributed by atoms with E-state index in [0.717, 1.165) is 15.1 Å². The van der Waals surface area contributed by atoms with Gasteiger partial charge in [0.1, 0.15) is 0 Å². The molecular weight excluding hydrogens is 423 g/mol. The smallest absolute Gasteiger partial charge is 0.329 e. The van der Waals surface area contributed by atoms with Crippen LogP contribution in [0.2, 0.25) is 0 Å². The van der Waals surface area contributed by atoms with E-state index >= 15 is 0 Å². The van der Waals surface area contributed by atoms with Crippen LogP contribution in [0.25, 0.3) is 23.3 Å². The van der Waals surface area contributed by atoms with E-state index in [-0.39, 0.29) is 10.7 Å². The molecule has 0 bridgehead atoms. The fraction of sp³-hybridized carbons (Fsp3) is 0.0556. The Balaban J connectivity index is 1.53. The summed E-state index contributed by atoms with van der Waals surface area (Å²) in [5, 5.41) is 9.74. The number of nitrogens with one attached hydrogen (secondary N) is 1. The van der Waals surface area contributed by atoms with Crippen molar-refractivity contribution in [1.82, 2.24) is 24.3 Å². The summed E-state index contributed by atoms with van der Waals surface area (Å²) in [6.45, 7) is 0. The number of aromatic amines is 1. The monoisotopic (exact) mass is 435 g/mol. The molecule has 4 aromatic rings. The largest absolute Gasteiger partial charge is 0.471 e. The first-order chi connectivity index (χ1) is 14.2. The van der Waals surface area contributed by atoms with Crippen molar-refractivity contribution in [3.8, 4) is 11.1 Å². The van der Waals surface area contributed by atoms with Gasteiger partial charge in [0.05, 0.1) is 11.1 Å². The molecule has 0 aliphatic heterocycles. The minimum atomic E-state index is -4.73. The van der Waals surface area contributed by atoms with Crippen molar-refractivity contribution in [1.29, 1.82) is 0 Å². The SMILES string of the molecule is O=S(=O)(c1ccc(-c2cn[nH]c2)cc1)n1ccc(C=Cc2noc(C(F)(F)F)n2)c1. The summed E-state index contributed by atoms with van der Waals surface area (Å²) >= 11 is 0. The zero-order chi connectivity index (χ0) is 21.4. The van der Waals surface area contributed by atoms with Crippen molar-refractivity contribution in [3.05, 3.63) is 72.4 Å². The highest BCUT2D eigenvalue weighted by atomic mass is 32.2. The lowest BCUT2D eigenvalue weighted by atomic mass is 10.1. The summed E-state index contributed by atoms with van der Waals surface area (Å²) in [4.78, 5) is 3.29. The van der Waals surface area contributed by atoms with E-state index in [9.17, 15) is 21.6 Å². The van der Waals surface area contributed by atoms with Gasteiger partial charge in [-0.15, -0.1) is 0 Å². The zero-order valence-electron chi connectivity index (χ0n) is 14.9. The van der Waals surface area contributed by atoms with Crippen molar-refractivity contribution in [3.63, 3.8) is 0 Å². The Labute approximate surface area is 167 Å². The molecule has 1 N–H and O–H groups in total. The second kappa shape index (κ2) is 7.30. The van der Waals surface area contributed by atoms with Crippen LogP contribution in [-0.2, 0) is 16.2 Å². The van der Waals surface area contributed by atoms with E-state index < -0.39 is 22.1 Å². The van der Waals surface area contributed by atoms with Crippen LogP contribution in [-0.4, -0.2) is 32.7 Å². The van der Waals surface area contributed by atoms with Gasteiger partial charge in [-0.05, 0) is 41.5 Å².